The second-order valence-corrected chi connectivity index (χ2v) is 9.44. The molecule has 0 aliphatic carbocycles. The largest absolute Gasteiger partial charge is 0.356 e. The summed E-state index contributed by atoms with van der Waals surface area (Å²) >= 11 is 0. The summed E-state index contributed by atoms with van der Waals surface area (Å²) in [6.07, 6.45) is 3.30. The molecule has 1 fully saturated rings. The molecule has 1 aliphatic rings. The van der Waals surface area contributed by atoms with Gasteiger partial charge in [0.25, 0.3) is 0 Å². The van der Waals surface area contributed by atoms with E-state index < -0.39 is 10.0 Å². The fourth-order valence-corrected chi connectivity index (χ4v) is 3.93. The minimum absolute atomic E-state index is 0.0115. The number of hydrogen-bond donors (Lipinski definition) is 2. The molecule has 142 valence electrons. The van der Waals surface area contributed by atoms with Crippen molar-refractivity contribution >= 4 is 16.0 Å². The summed E-state index contributed by atoms with van der Waals surface area (Å²) in [6.45, 7) is 13.3. The van der Waals surface area contributed by atoms with Gasteiger partial charge in [0.05, 0.1) is 11.4 Å². The Labute approximate surface area is 151 Å². The highest BCUT2D eigenvalue weighted by atomic mass is 32.2. The summed E-state index contributed by atoms with van der Waals surface area (Å²) in [6, 6.07) is 1.58. The van der Waals surface area contributed by atoms with E-state index in [9.17, 15) is 8.42 Å². The second kappa shape index (κ2) is 6.99. The van der Waals surface area contributed by atoms with Gasteiger partial charge in [0, 0.05) is 50.0 Å². The Bertz CT molecular complexity index is 734. The third kappa shape index (κ3) is 4.00. The molecule has 1 aliphatic heterocycles. The highest BCUT2D eigenvalue weighted by Gasteiger charge is 2.53. The Hall–Kier alpha value is -1.54. The van der Waals surface area contributed by atoms with Crippen LogP contribution in [-0.4, -0.2) is 55.6 Å². The summed E-state index contributed by atoms with van der Waals surface area (Å²) < 4.78 is 28.7. The minimum atomic E-state index is -3.48. The smallest absolute Gasteiger partial charge is 0.242 e. The van der Waals surface area contributed by atoms with Crippen molar-refractivity contribution in [3.05, 3.63) is 18.5 Å². The Morgan fingerprint density at radius 3 is 2.48 bits per heavy atom. The van der Waals surface area contributed by atoms with Crippen LogP contribution in [0.1, 0.15) is 34.6 Å². The van der Waals surface area contributed by atoms with Crippen LogP contribution in [0.5, 0.6) is 0 Å². The lowest BCUT2D eigenvalue weighted by Crippen LogP contribution is -2.72. The number of nitrogens with zero attached hydrogens (tertiary/aromatic N) is 3. The topological polar surface area (TPSA) is 78.7 Å². The van der Waals surface area contributed by atoms with Gasteiger partial charge in [0.15, 0.2) is 5.96 Å². The molecule has 0 aromatic carbocycles. The number of rotatable bonds is 6. The van der Waals surface area contributed by atoms with Gasteiger partial charge in [-0.3, -0.25) is 4.99 Å². The van der Waals surface area contributed by atoms with E-state index in [1.807, 2.05) is 6.92 Å². The number of nitrogens with one attached hydrogen (secondary N) is 2. The molecule has 0 atom stereocenters. The molecule has 1 aromatic heterocycles. The molecule has 1 aromatic rings. The molecule has 0 unspecified atom stereocenters. The molecule has 7 nitrogen and oxygen atoms in total. The third-order valence-electron chi connectivity index (χ3n) is 5.26. The maximum absolute atomic E-state index is 12.2. The molecule has 0 spiro atoms. The number of aliphatic imine (C=N–C) groups is 1. The van der Waals surface area contributed by atoms with Crippen molar-refractivity contribution in [2.45, 2.75) is 45.1 Å². The van der Waals surface area contributed by atoms with E-state index in [1.54, 1.807) is 30.1 Å². The number of aromatic nitrogens is 1. The molecular formula is C17H31N5O2S. The monoisotopic (exact) mass is 369 g/mol. The SMILES string of the molecule is CCNC(=NCCNS(=O)(=O)c1ccn(C)c1)N1CC(C)(C)C1(C)C. The van der Waals surface area contributed by atoms with Crippen LogP contribution in [-0.2, 0) is 17.1 Å². The number of guanidine groups is 1. The maximum Gasteiger partial charge on any atom is 0.242 e. The summed E-state index contributed by atoms with van der Waals surface area (Å²) in [5, 5.41) is 3.31. The van der Waals surface area contributed by atoms with E-state index in [2.05, 4.69) is 47.6 Å². The van der Waals surface area contributed by atoms with E-state index in [0.717, 1.165) is 19.0 Å². The van der Waals surface area contributed by atoms with E-state index in [4.69, 9.17) is 0 Å². The fourth-order valence-electron chi connectivity index (χ4n) is 2.86. The Morgan fingerprint density at radius 2 is 2.00 bits per heavy atom. The zero-order chi connectivity index (χ0) is 18.9. The molecule has 2 heterocycles. The van der Waals surface area contributed by atoms with Gasteiger partial charge < -0.3 is 14.8 Å². The fraction of sp³-hybridized carbons (Fsp3) is 0.706. The molecule has 2 rings (SSSR count). The van der Waals surface area contributed by atoms with Gasteiger partial charge in [-0.05, 0) is 26.8 Å². The molecule has 0 saturated carbocycles. The van der Waals surface area contributed by atoms with Crippen LogP contribution < -0.4 is 10.0 Å². The number of hydrogen-bond acceptors (Lipinski definition) is 3. The van der Waals surface area contributed by atoms with Crippen LogP contribution in [0.3, 0.4) is 0 Å². The average molecular weight is 370 g/mol. The van der Waals surface area contributed by atoms with Crippen LogP contribution in [0.15, 0.2) is 28.3 Å². The molecule has 2 N–H and O–H groups in total. The van der Waals surface area contributed by atoms with E-state index >= 15 is 0 Å². The quantitative estimate of drug-likeness (QED) is 0.451. The van der Waals surface area contributed by atoms with Crippen LogP contribution in [0.2, 0.25) is 0 Å². The first-order valence-corrected chi connectivity index (χ1v) is 10.2. The lowest BCUT2D eigenvalue weighted by molar-refractivity contribution is -0.0667. The Morgan fingerprint density at radius 1 is 1.32 bits per heavy atom. The van der Waals surface area contributed by atoms with Crippen molar-refractivity contribution in [2.75, 3.05) is 26.2 Å². The van der Waals surface area contributed by atoms with Gasteiger partial charge >= 0.3 is 0 Å². The van der Waals surface area contributed by atoms with E-state index in [0.29, 0.717) is 6.54 Å². The molecule has 0 radical (unpaired) electrons. The predicted molar refractivity (Wildman–Crippen MR) is 101 cm³/mol. The lowest BCUT2D eigenvalue weighted by atomic mass is 9.65. The molecule has 8 heteroatoms. The Kier molecular flexibility index (Phi) is 5.53. The highest BCUT2D eigenvalue weighted by Crippen LogP contribution is 2.46. The molecule has 0 bridgehead atoms. The van der Waals surface area contributed by atoms with Crippen LogP contribution >= 0.6 is 0 Å². The number of sulfonamides is 1. The summed E-state index contributed by atoms with van der Waals surface area (Å²) in [4.78, 5) is 7.12. The van der Waals surface area contributed by atoms with E-state index in [1.165, 1.54) is 0 Å². The third-order valence-corrected chi connectivity index (χ3v) is 6.70. The Balaban J connectivity index is 1.97. The average Bonchev–Trinajstić information content (AvgIpc) is 2.96. The van der Waals surface area contributed by atoms with Crippen LogP contribution in [0.25, 0.3) is 0 Å². The first kappa shape index (κ1) is 19.8. The van der Waals surface area contributed by atoms with Crippen molar-refractivity contribution < 1.29 is 8.42 Å². The lowest BCUT2D eigenvalue weighted by Gasteiger charge is -2.62. The zero-order valence-corrected chi connectivity index (χ0v) is 16.9. The van der Waals surface area contributed by atoms with Gasteiger partial charge in [-0.25, -0.2) is 13.1 Å². The van der Waals surface area contributed by atoms with Crippen molar-refractivity contribution in [1.29, 1.82) is 0 Å². The first-order valence-electron chi connectivity index (χ1n) is 8.69. The number of likely N-dealkylation sites (tertiary alicyclic amines) is 1. The van der Waals surface area contributed by atoms with Gasteiger partial charge in [-0.1, -0.05) is 13.8 Å². The minimum Gasteiger partial charge on any atom is -0.356 e. The van der Waals surface area contributed by atoms with E-state index in [-0.39, 0.29) is 22.4 Å². The van der Waals surface area contributed by atoms with Crippen molar-refractivity contribution in [1.82, 2.24) is 19.5 Å². The van der Waals surface area contributed by atoms with Gasteiger partial charge in [-0.15, -0.1) is 0 Å². The first-order chi connectivity index (χ1) is 11.5. The number of aryl methyl sites for hydroxylation is 1. The van der Waals surface area contributed by atoms with Crippen molar-refractivity contribution in [3.63, 3.8) is 0 Å². The summed E-state index contributed by atoms with van der Waals surface area (Å²) in [5.74, 6) is 0.839. The van der Waals surface area contributed by atoms with Crippen LogP contribution in [0.4, 0.5) is 0 Å². The summed E-state index contributed by atoms with van der Waals surface area (Å²) in [7, 11) is -1.68. The highest BCUT2D eigenvalue weighted by molar-refractivity contribution is 7.89. The maximum atomic E-state index is 12.2. The van der Waals surface area contributed by atoms with Crippen molar-refractivity contribution in [3.8, 4) is 0 Å². The van der Waals surface area contributed by atoms with Crippen molar-refractivity contribution in [2.24, 2.45) is 17.5 Å². The van der Waals surface area contributed by atoms with Crippen LogP contribution in [0, 0.1) is 5.41 Å². The van der Waals surface area contributed by atoms with Gasteiger partial charge in [0.2, 0.25) is 10.0 Å². The summed E-state index contributed by atoms with van der Waals surface area (Å²) in [5.41, 5.74) is 0.232. The second-order valence-electron chi connectivity index (χ2n) is 7.68. The molecule has 1 saturated heterocycles. The van der Waals surface area contributed by atoms with Gasteiger partial charge in [0.1, 0.15) is 0 Å². The zero-order valence-electron chi connectivity index (χ0n) is 16.1. The standard InChI is InChI=1S/C17H31N5O2S/c1-7-18-15(22-13-16(2,3)17(22,4)5)19-9-10-20-25(23,24)14-8-11-21(6)12-14/h8,11-12,20H,7,9-10,13H2,1-6H3,(H,18,19). The molecule has 0 amide bonds. The molecule has 25 heavy (non-hydrogen) atoms. The van der Waals surface area contributed by atoms with Gasteiger partial charge in [-0.2, -0.15) is 0 Å². The molecular weight excluding hydrogens is 338 g/mol. The normalized spacial score (nSPS) is 19.6. The predicted octanol–water partition coefficient (Wildman–Crippen LogP) is 1.39.